The van der Waals surface area contributed by atoms with Crippen molar-refractivity contribution >= 4 is 29.3 Å². The van der Waals surface area contributed by atoms with Crippen LogP contribution >= 0.6 is 11.8 Å². The lowest BCUT2D eigenvalue weighted by Gasteiger charge is -2.39. The second-order valence-electron chi connectivity index (χ2n) is 6.56. The molecule has 1 aliphatic rings. The number of amides is 1. The molecule has 0 saturated carbocycles. The van der Waals surface area contributed by atoms with Gasteiger partial charge in [0.1, 0.15) is 12.4 Å². The lowest BCUT2D eigenvalue weighted by Crippen LogP contribution is -2.51. The van der Waals surface area contributed by atoms with Crippen LogP contribution in [-0.4, -0.2) is 60.6 Å². The van der Waals surface area contributed by atoms with Gasteiger partial charge in [0.05, 0.1) is 6.54 Å². The molecule has 1 aliphatic heterocycles. The lowest BCUT2D eigenvalue weighted by atomic mass is 10.2. The van der Waals surface area contributed by atoms with Gasteiger partial charge in [-0.15, -0.1) is 0 Å². The van der Waals surface area contributed by atoms with E-state index in [9.17, 15) is 4.79 Å². The molecule has 2 N–H and O–H groups in total. The average Bonchev–Trinajstić information content (AvgIpc) is 2.53. The summed E-state index contributed by atoms with van der Waals surface area (Å²) in [5.41, 5.74) is 0.738. The number of rotatable bonds is 5. The van der Waals surface area contributed by atoms with Crippen LogP contribution in [0.25, 0.3) is 0 Å². The predicted molar refractivity (Wildman–Crippen MR) is 106 cm³/mol. The summed E-state index contributed by atoms with van der Waals surface area (Å²) in [4.78, 5) is 17.8. The molecule has 25 heavy (non-hydrogen) atoms. The molecular formula is C18H28N4O2S. The number of hydrogen-bond acceptors (Lipinski definition) is 4. The number of guanidine groups is 1. The Kier molecular flexibility index (Phi) is 6.99. The van der Waals surface area contributed by atoms with E-state index in [0.29, 0.717) is 13.2 Å². The van der Waals surface area contributed by atoms with Crippen molar-refractivity contribution in [2.24, 2.45) is 4.99 Å². The number of carbonyl (C=O) groups is 1. The molecule has 138 valence electrons. The van der Waals surface area contributed by atoms with Crippen LogP contribution in [0.5, 0.6) is 5.75 Å². The molecule has 0 radical (unpaired) electrons. The van der Waals surface area contributed by atoms with Crippen LogP contribution in [0.2, 0.25) is 0 Å². The highest BCUT2D eigenvalue weighted by atomic mass is 32.2. The molecular weight excluding hydrogens is 336 g/mol. The molecule has 1 aromatic carbocycles. The number of carbonyl (C=O) groups excluding carboxylic acids is 1. The number of ether oxygens (including phenoxy) is 1. The zero-order valence-electron chi connectivity index (χ0n) is 15.5. The quantitative estimate of drug-likeness (QED) is 0.477. The number of benzene rings is 1. The first kappa shape index (κ1) is 19.4. The van der Waals surface area contributed by atoms with Crippen molar-refractivity contribution in [2.45, 2.75) is 25.5 Å². The standard InChI is InChI=1S/C18H28N4O2S/c1-14(23)21-15-6-5-7-16(12-15)24-10-8-20-17(19-4)22-9-11-25-18(2,3)13-22/h5-7,12H,8-11,13H2,1-4H3,(H,19,20)(H,21,23). The molecule has 7 heteroatoms. The largest absolute Gasteiger partial charge is 0.492 e. The van der Waals surface area contributed by atoms with E-state index < -0.39 is 0 Å². The van der Waals surface area contributed by atoms with Gasteiger partial charge in [0.25, 0.3) is 0 Å². The van der Waals surface area contributed by atoms with Gasteiger partial charge in [0, 0.05) is 49.3 Å². The molecule has 0 bridgehead atoms. The van der Waals surface area contributed by atoms with E-state index in [2.05, 4.69) is 34.4 Å². The molecule has 0 aromatic heterocycles. The van der Waals surface area contributed by atoms with Crippen molar-refractivity contribution in [1.82, 2.24) is 10.2 Å². The van der Waals surface area contributed by atoms with Gasteiger partial charge in [-0.25, -0.2) is 0 Å². The van der Waals surface area contributed by atoms with E-state index in [1.54, 1.807) is 0 Å². The van der Waals surface area contributed by atoms with Crippen LogP contribution in [-0.2, 0) is 4.79 Å². The van der Waals surface area contributed by atoms with Gasteiger partial charge in [-0.2, -0.15) is 11.8 Å². The summed E-state index contributed by atoms with van der Waals surface area (Å²) >= 11 is 2.00. The molecule has 1 amide bonds. The van der Waals surface area contributed by atoms with Crippen LogP contribution in [0.4, 0.5) is 5.69 Å². The van der Waals surface area contributed by atoms with Crippen molar-refractivity contribution in [3.8, 4) is 5.75 Å². The molecule has 0 spiro atoms. The number of nitrogens with one attached hydrogen (secondary N) is 2. The van der Waals surface area contributed by atoms with Gasteiger partial charge < -0.3 is 20.3 Å². The SMILES string of the molecule is CN=C(NCCOc1cccc(NC(C)=O)c1)N1CCSC(C)(C)C1. The van der Waals surface area contributed by atoms with Crippen LogP contribution in [0.3, 0.4) is 0 Å². The molecule has 1 heterocycles. The van der Waals surface area contributed by atoms with E-state index in [1.165, 1.54) is 6.92 Å². The first-order valence-electron chi connectivity index (χ1n) is 8.50. The normalized spacial score (nSPS) is 17.1. The van der Waals surface area contributed by atoms with E-state index in [1.807, 2.05) is 43.1 Å². The maximum Gasteiger partial charge on any atom is 0.221 e. The number of thioether (sulfide) groups is 1. The van der Waals surface area contributed by atoms with Gasteiger partial charge in [-0.1, -0.05) is 6.07 Å². The minimum Gasteiger partial charge on any atom is -0.492 e. The zero-order valence-corrected chi connectivity index (χ0v) is 16.3. The maximum absolute atomic E-state index is 11.1. The van der Waals surface area contributed by atoms with Gasteiger partial charge >= 0.3 is 0 Å². The van der Waals surface area contributed by atoms with Crippen molar-refractivity contribution in [1.29, 1.82) is 0 Å². The highest BCUT2D eigenvalue weighted by molar-refractivity contribution is 8.00. The topological polar surface area (TPSA) is 66.0 Å². The van der Waals surface area contributed by atoms with Crippen LogP contribution in [0.15, 0.2) is 29.3 Å². The summed E-state index contributed by atoms with van der Waals surface area (Å²) in [5.74, 6) is 2.67. The van der Waals surface area contributed by atoms with Crippen LogP contribution < -0.4 is 15.4 Å². The molecule has 0 unspecified atom stereocenters. The van der Waals surface area contributed by atoms with E-state index in [4.69, 9.17) is 4.74 Å². The van der Waals surface area contributed by atoms with E-state index in [0.717, 1.165) is 36.2 Å². The second-order valence-corrected chi connectivity index (χ2v) is 8.36. The molecule has 1 saturated heterocycles. The Morgan fingerprint density at radius 1 is 1.44 bits per heavy atom. The first-order valence-corrected chi connectivity index (χ1v) is 9.48. The summed E-state index contributed by atoms with van der Waals surface area (Å²) in [6.07, 6.45) is 0. The van der Waals surface area contributed by atoms with Crippen LogP contribution in [0, 0.1) is 0 Å². The highest BCUT2D eigenvalue weighted by Crippen LogP contribution is 2.29. The third-order valence-electron chi connectivity index (χ3n) is 3.75. The van der Waals surface area contributed by atoms with Crippen molar-refractivity contribution in [3.63, 3.8) is 0 Å². The van der Waals surface area contributed by atoms with Gasteiger partial charge in [-0.3, -0.25) is 9.79 Å². The monoisotopic (exact) mass is 364 g/mol. The first-order chi connectivity index (χ1) is 11.9. The Hall–Kier alpha value is -1.89. The molecule has 0 aliphatic carbocycles. The fraction of sp³-hybridized carbons (Fsp3) is 0.556. The Morgan fingerprint density at radius 2 is 2.24 bits per heavy atom. The fourth-order valence-electron chi connectivity index (χ4n) is 2.73. The summed E-state index contributed by atoms with van der Waals surface area (Å²) in [6, 6.07) is 7.40. The predicted octanol–water partition coefficient (Wildman–Crippen LogP) is 2.43. The van der Waals surface area contributed by atoms with E-state index >= 15 is 0 Å². The Morgan fingerprint density at radius 3 is 2.92 bits per heavy atom. The minimum atomic E-state index is -0.0924. The Labute approximate surface area is 154 Å². The number of hydrogen-bond donors (Lipinski definition) is 2. The molecule has 6 nitrogen and oxygen atoms in total. The fourth-order valence-corrected chi connectivity index (χ4v) is 3.84. The highest BCUT2D eigenvalue weighted by Gasteiger charge is 2.28. The third-order valence-corrected chi connectivity index (χ3v) is 5.04. The lowest BCUT2D eigenvalue weighted by molar-refractivity contribution is -0.114. The van der Waals surface area contributed by atoms with Gasteiger partial charge in [0.2, 0.25) is 5.91 Å². The number of anilines is 1. The smallest absolute Gasteiger partial charge is 0.221 e. The second kappa shape index (κ2) is 8.99. The van der Waals surface area contributed by atoms with E-state index in [-0.39, 0.29) is 10.7 Å². The molecule has 2 rings (SSSR count). The third kappa shape index (κ3) is 6.49. The summed E-state index contributed by atoms with van der Waals surface area (Å²) < 4.78 is 6.01. The molecule has 1 aromatic rings. The number of aliphatic imine (C=N–C) groups is 1. The van der Waals surface area contributed by atoms with Gasteiger partial charge in [-0.05, 0) is 26.0 Å². The Bertz CT molecular complexity index is 619. The summed E-state index contributed by atoms with van der Waals surface area (Å²) in [7, 11) is 1.81. The zero-order chi connectivity index (χ0) is 18.3. The molecule has 0 atom stereocenters. The van der Waals surface area contributed by atoms with Crippen molar-refractivity contribution in [3.05, 3.63) is 24.3 Å². The molecule has 1 fully saturated rings. The maximum atomic E-state index is 11.1. The average molecular weight is 365 g/mol. The number of nitrogens with zero attached hydrogens (tertiary/aromatic N) is 2. The summed E-state index contributed by atoms with van der Waals surface area (Å²) in [6.45, 7) is 9.20. The van der Waals surface area contributed by atoms with Crippen molar-refractivity contribution in [2.75, 3.05) is 44.4 Å². The van der Waals surface area contributed by atoms with Crippen molar-refractivity contribution < 1.29 is 9.53 Å². The van der Waals surface area contributed by atoms with Gasteiger partial charge in [0.15, 0.2) is 5.96 Å². The summed E-state index contributed by atoms with van der Waals surface area (Å²) in [5, 5.41) is 6.12. The Balaban J connectivity index is 1.79. The van der Waals surface area contributed by atoms with Crippen LogP contribution in [0.1, 0.15) is 20.8 Å². The minimum absolute atomic E-state index is 0.0924.